The third-order valence-corrected chi connectivity index (χ3v) is 2.81. The van der Waals surface area contributed by atoms with Crippen LogP contribution in [0.15, 0.2) is 30.5 Å². The Kier molecular flexibility index (Phi) is 3.54. The SMILES string of the molecule is CC(CN)CN(C)c1cnc2ccccc2n1. The normalized spacial score (nSPS) is 12.6. The van der Waals surface area contributed by atoms with Crippen molar-refractivity contribution >= 4 is 16.9 Å². The highest BCUT2D eigenvalue weighted by atomic mass is 15.2. The fourth-order valence-corrected chi connectivity index (χ4v) is 1.77. The first-order valence-corrected chi connectivity index (χ1v) is 5.83. The quantitative estimate of drug-likeness (QED) is 0.868. The van der Waals surface area contributed by atoms with Gasteiger partial charge in [-0.25, -0.2) is 4.98 Å². The largest absolute Gasteiger partial charge is 0.358 e. The van der Waals surface area contributed by atoms with Crippen LogP contribution in [0.3, 0.4) is 0 Å². The first-order chi connectivity index (χ1) is 8.20. The molecule has 17 heavy (non-hydrogen) atoms. The molecule has 2 rings (SSSR count). The lowest BCUT2D eigenvalue weighted by Gasteiger charge is -2.21. The molecule has 0 fully saturated rings. The Bertz CT molecular complexity index is 497. The van der Waals surface area contributed by atoms with Crippen LogP contribution < -0.4 is 10.6 Å². The van der Waals surface area contributed by atoms with Gasteiger partial charge in [0.25, 0.3) is 0 Å². The Morgan fingerprint density at radius 1 is 1.29 bits per heavy atom. The van der Waals surface area contributed by atoms with Crippen LogP contribution in [0, 0.1) is 5.92 Å². The van der Waals surface area contributed by atoms with Crippen LogP contribution in [0.1, 0.15) is 6.92 Å². The van der Waals surface area contributed by atoms with E-state index in [1.165, 1.54) is 0 Å². The van der Waals surface area contributed by atoms with Crippen LogP contribution in [-0.2, 0) is 0 Å². The molecule has 4 nitrogen and oxygen atoms in total. The Morgan fingerprint density at radius 3 is 2.71 bits per heavy atom. The summed E-state index contributed by atoms with van der Waals surface area (Å²) >= 11 is 0. The van der Waals surface area contributed by atoms with Crippen molar-refractivity contribution in [2.75, 3.05) is 25.0 Å². The molecule has 1 unspecified atom stereocenters. The van der Waals surface area contributed by atoms with Gasteiger partial charge in [0.05, 0.1) is 17.2 Å². The maximum Gasteiger partial charge on any atom is 0.147 e. The fourth-order valence-electron chi connectivity index (χ4n) is 1.77. The second-order valence-electron chi connectivity index (χ2n) is 4.44. The average Bonchev–Trinajstić information content (AvgIpc) is 2.38. The molecule has 1 atom stereocenters. The zero-order chi connectivity index (χ0) is 12.3. The summed E-state index contributed by atoms with van der Waals surface area (Å²) in [5.41, 5.74) is 7.48. The smallest absolute Gasteiger partial charge is 0.147 e. The van der Waals surface area contributed by atoms with Crippen LogP contribution >= 0.6 is 0 Å². The molecule has 90 valence electrons. The van der Waals surface area contributed by atoms with Crippen molar-refractivity contribution in [2.45, 2.75) is 6.92 Å². The number of aromatic nitrogens is 2. The summed E-state index contributed by atoms with van der Waals surface area (Å²) < 4.78 is 0. The minimum atomic E-state index is 0.452. The van der Waals surface area contributed by atoms with Crippen molar-refractivity contribution in [3.63, 3.8) is 0 Å². The molecule has 0 radical (unpaired) electrons. The number of nitrogens with two attached hydrogens (primary N) is 1. The molecule has 0 spiro atoms. The van der Waals surface area contributed by atoms with E-state index in [0.29, 0.717) is 12.5 Å². The highest BCUT2D eigenvalue weighted by molar-refractivity contribution is 5.75. The molecule has 4 heteroatoms. The Balaban J connectivity index is 2.23. The summed E-state index contributed by atoms with van der Waals surface area (Å²) in [5.74, 6) is 1.34. The van der Waals surface area contributed by atoms with E-state index in [9.17, 15) is 0 Å². The zero-order valence-corrected chi connectivity index (χ0v) is 10.3. The van der Waals surface area contributed by atoms with Gasteiger partial charge in [0.2, 0.25) is 0 Å². The maximum atomic E-state index is 5.63. The summed E-state index contributed by atoms with van der Waals surface area (Å²) in [7, 11) is 2.02. The van der Waals surface area contributed by atoms with E-state index in [1.54, 1.807) is 0 Å². The average molecular weight is 230 g/mol. The van der Waals surface area contributed by atoms with E-state index in [4.69, 9.17) is 5.73 Å². The summed E-state index contributed by atoms with van der Waals surface area (Å²) in [6.07, 6.45) is 1.81. The molecule has 0 saturated heterocycles. The molecular formula is C13H18N4. The zero-order valence-electron chi connectivity index (χ0n) is 10.3. The molecule has 1 aromatic heterocycles. The Hall–Kier alpha value is -1.68. The molecule has 2 aromatic rings. The molecule has 0 saturated carbocycles. The summed E-state index contributed by atoms with van der Waals surface area (Å²) in [6.45, 7) is 3.71. The van der Waals surface area contributed by atoms with Gasteiger partial charge in [-0.1, -0.05) is 19.1 Å². The van der Waals surface area contributed by atoms with Crippen molar-refractivity contribution < 1.29 is 0 Å². The second-order valence-corrected chi connectivity index (χ2v) is 4.44. The van der Waals surface area contributed by atoms with Crippen molar-refractivity contribution in [1.29, 1.82) is 0 Å². The maximum absolute atomic E-state index is 5.63. The molecular weight excluding hydrogens is 212 g/mol. The van der Waals surface area contributed by atoms with Crippen LogP contribution in [0.25, 0.3) is 11.0 Å². The first-order valence-electron chi connectivity index (χ1n) is 5.83. The molecule has 0 aliphatic heterocycles. The number of benzene rings is 1. The van der Waals surface area contributed by atoms with Gasteiger partial charge < -0.3 is 10.6 Å². The van der Waals surface area contributed by atoms with Crippen molar-refractivity contribution in [3.8, 4) is 0 Å². The molecule has 0 amide bonds. The van der Waals surface area contributed by atoms with Gasteiger partial charge in [0, 0.05) is 13.6 Å². The van der Waals surface area contributed by atoms with E-state index in [2.05, 4.69) is 21.8 Å². The van der Waals surface area contributed by atoms with E-state index in [0.717, 1.165) is 23.4 Å². The summed E-state index contributed by atoms with van der Waals surface area (Å²) in [5, 5.41) is 0. The number of rotatable bonds is 4. The van der Waals surface area contributed by atoms with Crippen molar-refractivity contribution in [1.82, 2.24) is 9.97 Å². The fraction of sp³-hybridized carbons (Fsp3) is 0.385. The lowest BCUT2D eigenvalue weighted by atomic mass is 10.2. The number of para-hydroxylation sites is 2. The van der Waals surface area contributed by atoms with Gasteiger partial charge in [-0.2, -0.15) is 0 Å². The van der Waals surface area contributed by atoms with Gasteiger partial charge in [-0.15, -0.1) is 0 Å². The number of hydrogen-bond donors (Lipinski definition) is 1. The van der Waals surface area contributed by atoms with E-state index >= 15 is 0 Å². The minimum Gasteiger partial charge on any atom is -0.358 e. The number of anilines is 1. The van der Waals surface area contributed by atoms with Crippen molar-refractivity contribution in [3.05, 3.63) is 30.5 Å². The predicted octanol–water partition coefficient (Wildman–Crippen LogP) is 1.66. The molecule has 0 bridgehead atoms. The molecule has 2 N–H and O–H groups in total. The van der Waals surface area contributed by atoms with Crippen LogP contribution in [0.2, 0.25) is 0 Å². The second kappa shape index (κ2) is 5.10. The number of fused-ring (bicyclic) bond motifs is 1. The number of nitrogens with zero attached hydrogens (tertiary/aromatic N) is 3. The Labute approximate surface area is 101 Å². The van der Waals surface area contributed by atoms with Gasteiger partial charge in [-0.3, -0.25) is 4.98 Å². The van der Waals surface area contributed by atoms with Crippen LogP contribution in [0.4, 0.5) is 5.82 Å². The van der Waals surface area contributed by atoms with Gasteiger partial charge in [0.15, 0.2) is 0 Å². The number of hydrogen-bond acceptors (Lipinski definition) is 4. The lowest BCUT2D eigenvalue weighted by Crippen LogP contribution is -2.28. The highest BCUT2D eigenvalue weighted by Crippen LogP contribution is 2.14. The van der Waals surface area contributed by atoms with Gasteiger partial charge >= 0.3 is 0 Å². The van der Waals surface area contributed by atoms with Crippen LogP contribution in [-0.4, -0.2) is 30.1 Å². The van der Waals surface area contributed by atoms with Gasteiger partial charge in [0.1, 0.15) is 5.82 Å². The topological polar surface area (TPSA) is 55.0 Å². The van der Waals surface area contributed by atoms with Crippen molar-refractivity contribution in [2.24, 2.45) is 11.7 Å². The third-order valence-electron chi connectivity index (χ3n) is 2.81. The molecule has 0 aliphatic carbocycles. The van der Waals surface area contributed by atoms with E-state index in [-0.39, 0.29) is 0 Å². The first kappa shape index (κ1) is 11.8. The third kappa shape index (κ3) is 2.71. The lowest BCUT2D eigenvalue weighted by molar-refractivity contribution is 0.587. The predicted molar refractivity (Wildman–Crippen MR) is 71.0 cm³/mol. The Morgan fingerprint density at radius 2 is 2.00 bits per heavy atom. The monoisotopic (exact) mass is 230 g/mol. The molecule has 1 aromatic carbocycles. The molecule has 0 aliphatic rings. The van der Waals surface area contributed by atoms with Gasteiger partial charge in [-0.05, 0) is 24.6 Å². The molecule has 1 heterocycles. The van der Waals surface area contributed by atoms with Crippen LogP contribution in [0.5, 0.6) is 0 Å². The van der Waals surface area contributed by atoms with E-state index < -0.39 is 0 Å². The standard InChI is InChI=1S/C13H18N4/c1-10(7-14)9-17(2)13-8-15-11-5-3-4-6-12(11)16-13/h3-6,8,10H,7,9,14H2,1-2H3. The summed E-state index contributed by atoms with van der Waals surface area (Å²) in [4.78, 5) is 11.1. The highest BCUT2D eigenvalue weighted by Gasteiger charge is 2.08. The van der Waals surface area contributed by atoms with E-state index in [1.807, 2.05) is 37.5 Å². The summed E-state index contributed by atoms with van der Waals surface area (Å²) in [6, 6.07) is 7.89. The minimum absolute atomic E-state index is 0.452.